The van der Waals surface area contributed by atoms with Crippen LogP contribution in [0.1, 0.15) is 46.2 Å². The molecule has 1 aliphatic heterocycles. The minimum atomic E-state index is -1.07. The molecule has 3 rings (SSSR count). The number of rotatable bonds is 6. The molecule has 1 fully saturated rings. The van der Waals surface area contributed by atoms with Crippen molar-refractivity contribution < 1.29 is 23.8 Å². The number of benzene rings is 2. The van der Waals surface area contributed by atoms with Gasteiger partial charge in [-0.3, -0.25) is 9.59 Å². The van der Waals surface area contributed by atoms with Crippen LogP contribution in [-0.2, 0) is 9.53 Å². The predicted molar refractivity (Wildman–Crippen MR) is 98.3 cm³/mol. The maximum atomic E-state index is 13.0. The lowest BCUT2D eigenvalue weighted by Crippen LogP contribution is -2.31. The van der Waals surface area contributed by atoms with Crippen LogP contribution in [0.5, 0.6) is 0 Å². The average molecular weight is 371 g/mol. The van der Waals surface area contributed by atoms with Gasteiger partial charge in [-0.2, -0.15) is 0 Å². The molecule has 0 aliphatic carbocycles. The van der Waals surface area contributed by atoms with Gasteiger partial charge in [0.2, 0.25) is 0 Å². The highest BCUT2D eigenvalue weighted by atomic mass is 19.1. The van der Waals surface area contributed by atoms with Crippen LogP contribution in [-0.4, -0.2) is 36.7 Å². The van der Waals surface area contributed by atoms with E-state index in [1.165, 1.54) is 29.8 Å². The molecule has 1 amide bonds. The van der Waals surface area contributed by atoms with Crippen molar-refractivity contribution in [1.82, 2.24) is 5.32 Å². The van der Waals surface area contributed by atoms with E-state index in [9.17, 15) is 19.1 Å². The first-order valence-corrected chi connectivity index (χ1v) is 8.99. The molecule has 0 radical (unpaired) electrons. The fourth-order valence-electron chi connectivity index (χ4n) is 3.28. The molecule has 1 heterocycles. The van der Waals surface area contributed by atoms with Crippen molar-refractivity contribution in [1.29, 1.82) is 0 Å². The van der Waals surface area contributed by atoms with Gasteiger partial charge in [0.1, 0.15) is 5.82 Å². The van der Waals surface area contributed by atoms with Gasteiger partial charge in [-0.15, -0.1) is 0 Å². The number of amides is 1. The summed E-state index contributed by atoms with van der Waals surface area (Å²) in [5.74, 6) is -2.32. The number of carboxylic acids is 1. The lowest BCUT2D eigenvalue weighted by Gasteiger charge is -2.22. The zero-order valence-corrected chi connectivity index (χ0v) is 14.9. The summed E-state index contributed by atoms with van der Waals surface area (Å²) >= 11 is 0. The van der Waals surface area contributed by atoms with Gasteiger partial charge in [-0.05, 0) is 54.2 Å². The van der Waals surface area contributed by atoms with Crippen LogP contribution in [0.4, 0.5) is 4.39 Å². The maximum absolute atomic E-state index is 13.0. The summed E-state index contributed by atoms with van der Waals surface area (Å²) in [4.78, 5) is 23.9. The highest BCUT2D eigenvalue weighted by molar-refractivity contribution is 5.94. The number of nitrogens with one attached hydrogen (secondary N) is 1. The SMILES string of the molecule is O=C(NCC(C(=O)O)c1ccc(F)cc1)c1ccc(C2CCOCC2)cc1. The summed E-state index contributed by atoms with van der Waals surface area (Å²) in [6.45, 7) is 1.45. The number of aliphatic carboxylic acids is 1. The number of carbonyl (C=O) groups is 2. The summed E-state index contributed by atoms with van der Waals surface area (Å²) < 4.78 is 18.4. The van der Waals surface area contributed by atoms with Gasteiger partial charge < -0.3 is 15.2 Å². The van der Waals surface area contributed by atoms with Crippen LogP contribution in [0.15, 0.2) is 48.5 Å². The molecule has 0 spiro atoms. The number of hydrogen-bond acceptors (Lipinski definition) is 3. The van der Waals surface area contributed by atoms with Crippen molar-refractivity contribution in [3.8, 4) is 0 Å². The van der Waals surface area contributed by atoms with Crippen molar-refractivity contribution in [3.05, 3.63) is 71.0 Å². The standard InChI is InChI=1S/C21H22FNO4/c22-18-7-5-16(6-8-18)19(21(25)26)13-23-20(24)17-3-1-14(2-4-17)15-9-11-27-12-10-15/h1-8,15,19H,9-13H2,(H,23,24)(H,25,26). The van der Waals surface area contributed by atoms with E-state index >= 15 is 0 Å². The van der Waals surface area contributed by atoms with Crippen molar-refractivity contribution in [2.75, 3.05) is 19.8 Å². The topological polar surface area (TPSA) is 75.6 Å². The van der Waals surface area contributed by atoms with Gasteiger partial charge in [-0.25, -0.2) is 4.39 Å². The second kappa shape index (κ2) is 8.77. The molecule has 2 aromatic rings. The predicted octanol–water partition coefficient (Wildman–Crippen LogP) is 3.32. The third kappa shape index (κ3) is 4.92. The molecule has 1 unspecified atom stereocenters. The largest absolute Gasteiger partial charge is 0.481 e. The van der Waals surface area contributed by atoms with Crippen LogP contribution in [0.3, 0.4) is 0 Å². The Balaban J connectivity index is 1.61. The first-order valence-electron chi connectivity index (χ1n) is 8.99. The molecular weight excluding hydrogens is 349 g/mol. The minimum Gasteiger partial charge on any atom is -0.481 e. The van der Waals surface area contributed by atoms with E-state index in [1.807, 2.05) is 12.1 Å². The van der Waals surface area contributed by atoms with Gasteiger partial charge in [0.05, 0.1) is 5.92 Å². The second-order valence-corrected chi connectivity index (χ2v) is 6.66. The van der Waals surface area contributed by atoms with E-state index in [1.54, 1.807) is 12.1 Å². The Morgan fingerprint density at radius 1 is 1.07 bits per heavy atom. The van der Waals surface area contributed by atoms with Gasteiger partial charge in [0.25, 0.3) is 5.91 Å². The lowest BCUT2D eigenvalue weighted by atomic mass is 9.91. The number of ether oxygens (including phenoxy) is 1. The number of carboxylic acid groups (broad SMARTS) is 1. The molecule has 2 aromatic carbocycles. The Bertz CT molecular complexity index is 783. The fourth-order valence-corrected chi connectivity index (χ4v) is 3.28. The second-order valence-electron chi connectivity index (χ2n) is 6.66. The Morgan fingerprint density at radius 2 is 1.70 bits per heavy atom. The maximum Gasteiger partial charge on any atom is 0.312 e. The third-order valence-electron chi connectivity index (χ3n) is 4.90. The van der Waals surface area contributed by atoms with Gasteiger partial charge in [0.15, 0.2) is 0 Å². The van der Waals surface area contributed by atoms with Crippen LogP contribution in [0, 0.1) is 5.82 Å². The first kappa shape index (κ1) is 19.0. The van der Waals surface area contributed by atoms with Gasteiger partial charge >= 0.3 is 5.97 Å². The van der Waals surface area contributed by atoms with Gasteiger partial charge in [-0.1, -0.05) is 24.3 Å². The van der Waals surface area contributed by atoms with E-state index in [0.29, 0.717) is 17.0 Å². The first-order chi connectivity index (χ1) is 13.0. The summed E-state index contributed by atoms with van der Waals surface area (Å²) in [6, 6.07) is 12.7. The van der Waals surface area contributed by atoms with E-state index in [4.69, 9.17) is 4.74 Å². The summed E-state index contributed by atoms with van der Waals surface area (Å²) in [7, 11) is 0. The zero-order chi connectivity index (χ0) is 19.2. The van der Waals surface area contributed by atoms with Gasteiger partial charge in [0, 0.05) is 25.3 Å². The summed E-state index contributed by atoms with van der Waals surface area (Å²) in [6.07, 6.45) is 1.95. The number of carbonyl (C=O) groups excluding carboxylic acids is 1. The van der Waals surface area contributed by atoms with Crippen LogP contribution in [0.2, 0.25) is 0 Å². The van der Waals surface area contributed by atoms with E-state index in [-0.39, 0.29) is 12.5 Å². The molecule has 1 saturated heterocycles. The minimum absolute atomic E-state index is 0.0679. The Kier molecular flexibility index (Phi) is 6.19. The molecule has 0 bridgehead atoms. The Hall–Kier alpha value is -2.73. The van der Waals surface area contributed by atoms with E-state index in [2.05, 4.69) is 5.32 Å². The van der Waals surface area contributed by atoms with Crippen LogP contribution in [0.25, 0.3) is 0 Å². The van der Waals surface area contributed by atoms with Crippen molar-refractivity contribution >= 4 is 11.9 Å². The molecule has 1 atom stereocenters. The smallest absolute Gasteiger partial charge is 0.312 e. The van der Waals surface area contributed by atoms with Crippen LogP contribution >= 0.6 is 0 Å². The average Bonchev–Trinajstić information content (AvgIpc) is 2.70. The Labute approximate surface area is 157 Å². The third-order valence-corrected chi connectivity index (χ3v) is 4.90. The monoisotopic (exact) mass is 371 g/mol. The van der Waals surface area contributed by atoms with Crippen LogP contribution < -0.4 is 5.32 Å². The molecule has 1 aliphatic rings. The molecule has 2 N–H and O–H groups in total. The Morgan fingerprint density at radius 3 is 2.30 bits per heavy atom. The van der Waals surface area contributed by atoms with Crippen molar-refractivity contribution in [2.24, 2.45) is 0 Å². The molecule has 142 valence electrons. The van der Waals surface area contributed by atoms with Crippen molar-refractivity contribution in [3.63, 3.8) is 0 Å². The molecule has 5 nitrogen and oxygen atoms in total. The molecule has 6 heteroatoms. The van der Waals surface area contributed by atoms with Crippen molar-refractivity contribution in [2.45, 2.75) is 24.7 Å². The number of halogens is 1. The zero-order valence-electron chi connectivity index (χ0n) is 14.9. The molecule has 0 saturated carbocycles. The summed E-state index contributed by atoms with van der Waals surface area (Å²) in [5, 5.41) is 12.1. The molecule has 0 aromatic heterocycles. The highest BCUT2D eigenvalue weighted by Crippen LogP contribution is 2.27. The van der Waals surface area contributed by atoms with E-state index < -0.39 is 17.7 Å². The fraction of sp³-hybridized carbons (Fsp3) is 0.333. The highest BCUT2D eigenvalue weighted by Gasteiger charge is 2.21. The van der Waals surface area contributed by atoms with E-state index in [0.717, 1.165) is 26.1 Å². The normalized spacial score (nSPS) is 15.9. The quantitative estimate of drug-likeness (QED) is 0.817. The molecular formula is C21H22FNO4. The number of hydrogen-bond donors (Lipinski definition) is 2. The summed E-state index contributed by atoms with van der Waals surface area (Å²) in [5.41, 5.74) is 2.11. The molecule has 27 heavy (non-hydrogen) atoms. The lowest BCUT2D eigenvalue weighted by molar-refractivity contribution is -0.138.